The van der Waals surface area contributed by atoms with Crippen LogP contribution in [0.15, 0.2) is 0 Å². The van der Waals surface area contributed by atoms with Gasteiger partial charge in [-0.1, -0.05) is 13.3 Å². The van der Waals surface area contributed by atoms with Crippen LogP contribution in [-0.4, -0.2) is 36.4 Å². The molecule has 1 aliphatic carbocycles. The lowest BCUT2D eigenvalue weighted by Crippen LogP contribution is -2.43. The molecule has 2 N–H and O–H groups in total. The average Bonchev–Trinajstić information content (AvgIpc) is 2.27. The summed E-state index contributed by atoms with van der Waals surface area (Å²) in [5.41, 5.74) is 5.82. The van der Waals surface area contributed by atoms with Crippen LogP contribution in [-0.2, 0) is 4.79 Å². The molecule has 2 atom stereocenters. The van der Waals surface area contributed by atoms with Gasteiger partial charge < -0.3 is 10.6 Å². The molecule has 0 heterocycles. The van der Waals surface area contributed by atoms with Crippen LogP contribution in [0.1, 0.15) is 39.0 Å². The Kier molecular flexibility index (Phi) is 5.82. The SMILES string of the molecule is CCCN(CC(F)F)C(=O)C1CCCC(N)C1. The molecule has 100 valence electrons. The van der Waals surface area contributed by atoms with Crippen molar-refractivity contribution < 1.29 is 13.6 Å². The molecule has 1 fully saturated rings. The predicted octanol–water partition coefficient (Wildman–Crippen LogP) is 2.01. The van der Waals surface area contributed by atoms with Crippen molar-refractivity contribution in [1.29, 1.82) is 0 Å². The highest BCUT2D eigenvalue weighted by molar-refractivity contribution is 5.79. The second kappa shape index (κ2) is 6.89. The van der Waals surface area contributed by atoms with Crippen molar-refractivity contribution in [3.8, 4) is 0 Å². The average molecular weight is 248 g/mol. The van der Waals surface area contributed by atoms with Crippen molar-refractivity contribution in [2.75, 3.05) is 13.1 Å². The summed E-state index contributed by atoms with van der Waals surface area (Å²) < 4.78 is 24.8. The van der Waals surface area contributed by atoms with E-state index in [4.69, 9.17) is 5.73 Å². The molecule has 3 nitrogen and oxygen atoms in total. The van der Waals surface area contributed by atoms with E-state index < -0.39 is 13.0 Å². The number of halogens is 2. The van der Waals surface area contributed by atoms with Gasteiger partial charge in [0.15, 0.2) is 0 Å². The lowest BCUT2D eigenvalue weighted by molar-refractivity contribution is -0.138. The minimum atomic E-state index is -2.46. The summed E-state index contributed by atoms with van der Waals surface area (Å²) in [6.45, 7) is 1.85. The second-order valence-corrected chi connectivity index (χ2v) is 4.80. The van der Waals surface area contributed by atoms with Gasteiger partial charge in [-0.15, -0.1) is 0 Å². The number of amides is 1. The molecule has 0 bridgehead atoms. The molecule has 0 radical (unpaired) electrons. The Morgan fingerprint density at radius 1 is 1.47 bits per heavy atom. The first kappa shape index (κ1) is 14.4. The van der Waals surface area contributed by atoms with Gasteiger partial charge in [-0.05, 0) is 25.7 Å². The number of alkyl halides is 2. The lowest BCUT2D eigenvalue weighted by atomic mass is 9.85. The van der Waals surface area contributed by atoms with Gasteiger partial charge >= 0.3 is 0 Å². The van der Waals surface area contributed by atoms with Crippen LogP contribution in [0.5, 0.6) is 0 Å². The van der Waals surface area contributed by atoms with Crippen LogP contribution in [0.4, 0.5) is 8.78 Å². The summed E-state index contributed by atoms with van der Waals surface area (Å²) in [6.07, 6.45) is 1.54. The third-order valence-electron chi connectivity index (χ3n) is 3.23. The topological polar surface area (TPSA) is 46.3 Å². The molecular formula is C12H22F2N2O. The van der Waals surface area contributed by atoms with Crippen LogP contribution in [0.25, 0.3) is 0 Å². The Balaban J connectivity index is 2.56. The number of hydrogen-bond donors (Lipinski definition) is 1. The van der Waals surface area contributed by atoms with E-state index in [-0.39, 0.29) is 17.9 Å². The smallest absolute Gasteiger partial charge is 0.255 e. The molecule has 1 saturated carbocycles. The predicted molar refractivity (Wildman–Crippen MR) is 62.8 cm³/mol. The van der Waals surface area contributed by atoms with E-state index in [1.54, 1.807) is 0 Å². The molecule has 5 heteroatoms. The van der Waals surface area contributed by atoms with Gasteiger partial charge in [-0.2, -0.15) is 0 Å². The molecule has 2 unspecified atom stereocenters. The Labute approximate surface area is 101 Å². The second-order valence-electron chi connectivity index (χ2n) is 4.80. The van der Waals surface area contributed by atoms with E-state index in [9.17, 15) is 13.6 Å². The van der Waals surface area contributed by atoms with Crippen molar-refractivity contribution >= 4 is 5.91 Å². The Morgan fingerprint density at radius 3 is 2.71 bits per heavy atom. The molecule has 0 aliphatic heterocycles. The van der Waals surface area contributed by atoms with Crippen molar-refractivity contribution in [1.82, 2.24) is 4.90 Å². The summed E-state index contributed by atoms with van der Waals surface area (Å²) in [5.74, 6) is -0.286. The van der Waals surface area contributed by atoms with Crippen LogP contribution in [0, 0.1) is 5.92 Å². The highest BCUT2D eigenvalue weighted by Crippen LogP contribution is 2.25. The Hall–Kier alpha value is -0.710. The third-order valence-corrected chi connectivity index (χ3v) is 3.23. The van der Waals surface area contributed by atoms with Gasteiger partial charge in [-0.3, -0.25) is 4.79 Å². The van der Waals surface area contributed by atoms with Gasteiger partial charge in [0, 0.05) is 18.5 Å². The fourth-order valence-corrected chi connectivity index (χ4v) is 2.44. The van der Waals surface area contributed by atoms with Gasteiger partial charge in [0.1, 0.15) is 0 Å². The van der Waals surface area contributed by atoms with E-state index in [2.05, 4.69) is 0 Å². The normalized spacial score (nSPS) is 25.0. The number of carbonyl (C=O) groups is 1. The summed E-state index contributed by atoms with van der Waals surface area (Å²) in [4.78, 5) is 13.4. The molecular weight excluding hydrogens is 226 g/mol. The maximum Gasteiger partial charge on any atom is 0.255 e. The van der Waals surface area contributed by atoms with E-state index >= 15 is 0 Å². The molecule has 1 amide bonds. The van der Waals surface area contributed by atoms with Gasteiger partial charge in [0.25, 0.3) is 6.43 Å². The van der Waals surface area contributed by atoms with Gasteiger partial charge in [0.05, 0.1) is 6.54 Å². The van der Waals surface area contributed by atoms with Crippen LogP contribution < -0.4 is 5.73 Å². The molecule has 0 spiro atoms. The largest absolute Gasteiger partial charge is 0.337 e. The molecule has 0 saturated heterocycles. The van der Waals surface area contributed by atoms with Crippen LogP contribution in [0.3, 0.4) is 0 Å². The molecule has 0 aromatic heterocycles. The van der Waals surface area contributed by atoms with Crippen LogP contribution >= 0.6 is 0 Å². The van der Waals surface area contributed by atoms with Crippen molar-refractivity contribution in [2.24, 2.45) is 11.7 Å². The summed E-state index contributed by atoms with van der Waals surface area (Å²) in [7, 11) is 0. The summed E-state index contributed by atoms with van der Waals surface area (Å²) in [6, 6.07) is 0.0488. The number of hydrogen-bond acceptors (Lipinski definition) is 2. The van der Waals surface area contributed by atoms with Gasteiger partial charge in [-0.25, -0.2) is 8.78 Å². The molecule has 0 aromatic carbocycles. The number of nitrogens with zero attached hydrogens (tertiary/aromatic N) is 1. The maximum absolute atomic E-state index is 12.4. The third kappa shape index (κ3) is 4.58. The fourth-order valence-electron chi connectivity index (χ4n) is 2.44. The minimum absolute atomic E-state index is 0.0488. The molecule has 1 rings (SSSR count). The van der Waals surface area contributed by atoms with E-state index in [1.807, 2.05) is 6.92 Å². The fraction of sp³-hybridized carbons (Fsp3) is 0.917. The van der Waals surface area contributed by atoms with E-state index in [0.29, 0.717) is 19.4 Å². The highest BCUT2D eigenvalue weighted by Gasteiger charge is 2.29. The zero-order valence-electron chi connectivity index (χ0n) is 10.4. The minimum Gasteiger partial charge on any atom is -0.337 e. The van der Waals surface area contributed by atoms with Crippen LogP contribution in [0.2, 0.25) is 0 Å². The maximum atomic E-state index is 12.4. The first-order valence-corrected chi connectivity index (χ1v) is 6.37. The zero-order valence-corrected chi connectivity index (χ0v) is 10.4. The molecule has 1 aliphatic rings. The Morgan fingerprint density at radius 2 is 2.18 bits per heavy atom. The van der Waals surface area contributed by atoms with Crippen molar-refractivity contribution in [2.45, 2.75) is 51.5 Å². The lowest BCUT2D eigenvalue weighted by Gasteiger charge is -2.31. The van der Waals surface area contributed by atoms with Gasteiger partial charge in [0.2, 0.25) is 5.91 Å². The monoisotopic (exact) mass is 248 g/mol. The van der Waals surface area contributed by atoms with Crippen molar-refractivity contribution in [3.63, 3.8) is 0 Å². The summed E-state index contributed by atoms with van der Waals surface area (Å²) >= 11 is 0. The first-order valence-electron chi connectivity index (χ1n) is 6.37. The number of nitrogens with two attached hydrogens (primary N) is 1. The van der Waals surface area contributed by atoms with Crippen molar-refractivity contribution in [3.05, 3.63) is 0 Å². The number of rotatable bonds is 5. The Bertz CT molecular complexity index is 249. The van der Waals surface area contributed by atoms with E-state index in [1.165, 1.54) is 4.90 Å². The zero-order chi connectivity index (χ0) is 12.8. The quantitative estimate of drug-likeness (QED) is 0.809. The molecule has 0 aromatic rings. The first-order chi connectivity index (χ1) is 8.04. The number of carbonyl (C=O) groups excluding carboxylic acids is 1. The standard InChI is InChI=1S/C12H22F2N2O/c1-2-6-16(8-11(13)14)12(17)9-4-3-5-10(15)7-9/h9-11H,2-8,15H2,1H3. The highest BCUT2D eigenvalue weighted by atomic mass is 19.3. The molecule has 17 heavy (non-hydrogen) atoms. The summed E-state index contributed by atoms with van der Waals surface area (Å²) in [5, 5.41) is 0. The van der Waals surface area contributed by atoms with E-state index in [0.717, 1.165) is 19.3 Å².